The molecule has 2 fully saturated rings. The van der Waals surface area contributed by atoms with E-state index >= 15 is 0 Å². The summed E-state index contributed by atoms with van der Waals surface area (Å²) in [6.45, 7) is 4.00. The van der Waals surface area contributed by atoms with E-state index in [0.29, 0.717) is 0 Å². The molecule has 1 saturated heterocycles. The highest BCUT2D eigenvalue weighted by Gasteiger charge is 2.50. The lowest BCUT2D eigenvalue weighted by Crippen LogP contribution is -2.69. The third-order valence-electron chi connectivity index (χ3n) is 4.09. The zero-order valence-electron chi connectivity index (χ0n) is 10.4. The molecule has 5 heteroatoms. The van der Waals surface area contributed by atoms with E-state index in [1.165, 1.54) is 23.1 Å². The van der Waals surface area contributed by atoms with Crippen LogP contribution in [0, 0.1) is 12.8 Å². The number of aromatic nitrogens is 2. The van der Waals surface area contributed by atoms with E-state index in [2.05, 4.69) is 27.9 Å². The van der Waals surface area contributed by atoms with Crippen molar-refractivity contribution in [2.24, 2.45) is 11.7 Å². The van der Waals surface area contributed by atoms with Gasteiger partial charge in [-0.05, 0) is 31.7 Å². The van der Waals surface area contributed by atoms with Gasteiger partial charge in [0, 0.05) is 18.0 Å². The van der Waals surface area contributed by atoms with Gasteiger partial charge < -0.3 is 10.6 Å². The van der Waals surface area contributed by atoms with Crippen LogP contribution in [-0.2, 0) is 0 Å². The molecule has 0 spiro atoms. The van der Waals surface area contributed by atoms with Crippen molar-refractivity contribution in [1.82, 2.24) is 9.97 Å². The molecule has 1 saturated carbocycles. The number of rotatable bonds is 2. The zero-order valence-corrected chi connectivity index (χ0v) is 11.2. The fraction of sp³-hybridized carbons (Fsp3) is 0.538. The van der Waals surface area contributed by atoms with Gasteiger partial charge in [0.05, 0.1) is 10.9 Å². The summed E-state index contributed by atoms with van der Waals surface area (Å²) in [5.74, 6) is 1.81. The smallest absolute Gasteiger partial charge is 0.140 e. The number of thiophene rings is 1. The van der Waals surface area contributed by atoms with Crippen LogP contribution in [0.25, 0.3) is 10.2 Å². The van der Waals surface area contributed by atoms with Crippen molar-refractivity contribution in [3.05, 3.63) is 17.3 Å². The van der Waals surface area contributed by atoms with Crippen molar-refractivity contribution >= 4 is 27.4 Å². The molecule has 0 amide bonds. The van der Waals surface area contributed by atoms with E-state index in [4.69, 9.17) is 5.73 Å². The maximum atomic E-state index is 6.40. The maximum absolute atomic E-state index is 6.40. The quantitative estimate of drug-likeness (QED) is 0.896. The van der Waals surface area contributed by atoms with Gasteiger partial charge in [-0.3, -0.25) is 0 Å². The number of fused-ring (bicyclic) bond motifs is 1. The fourth-order valence-electron chi connectivity index (χ4n) is 2.95. The molecule has 2 aromatic rings. The van der Waals surface area contributed by atoms with Gasteiger partial charge in [-0.1, -0.05) is 0 Å². The average Bonchev–Trinajstić information content (AvgIpc) is 3.06. The van der Waals surface area contributed by atoms with E-state index in [0.717, 1.165) is 29.7 Å². The molecule has 3 heterocycles. The lowest BCUT2D eigenvalue weighted by atomic mass is 9.85. The Hall–Kier alpha value is -1.20. The first-order chi connectivity index (χ1) is 8.66. The molecule has 4 rings (SSSR count). The predicted molar refractivity (Wildman–Crippen MR) is 74.0 cm³/mol. The molecular weight excluding hydrogens is 244 g/mol. The largest absolute Gasteiger partial charge is 0.352 e. The van der Waals surface area contributed by atoms with Gasteiger partial charge in [-0.2, -0.15) is 0 Å². The molecule has 2 aliphatic rings. The van der Waals surface area contributed by atoms with Crippen LogP contribution in [0.4, 0.5) is 5.82 Å². The first-order valence-electron chi connectivity index (χ1n) is 6.41. The number of aryl methyl sites for hydroxylation is 1. The molecule has 2 N–H and O–H groups in total. The highest BCUT2D eigenvalue weighted by molar-refractivity contribution is 7.18. The molecule has 4 nitrogen and oxygen atoms in total. The maximum Gasteiger partial charge on any atom is 0.140 e. The summed E-state index contributed by atoms with van der Waals surface area (Å²) in [6.07, 6.45) is 4.28. The Bertz CT molecular complexity index is 610. The van der Waals surface area contributed by atoms with Crippen molar-refractivity contribution in [3.63, 3.8) is 0 Å². The highest BCUT2D eigenvalue weighted by atomic mass is 32.1. The molecule has 1 aliphatic carbocycles. The molecular formula is C13H16N4S. The number of hydrogen-bond acceptors (Lipinski definition) is 5. The standard InChI is InChI=1S/C13H16N4S/c1-8-4-10-11(15-7-16-12(10)18-8)17-5-13(14,6-17)9-2-3-9/h4,7,9H,2-3,5-6,14H2,1H3. The lowest BCUT2D eigenvalue weighted by Gasteiger charge is -2.49. The normalized spacial score (nSPS) is 22.2. The minimum absolute atomic E-state index is 0.0440. The number of nitrogens with zero attached hydrogens (tertiary/aromatic N) is 3. The van der Waals surface area contributed by atoms with Gasteiger partial charge in [-0.15, -0.1) is 11.3 Å². The lowest BCUT2D eigenvalue weighted by molar-refractivity contribution is 0.290. The molecule has 0 atom stereocenters. The van der Waals surface area contributed by atoms with Crippen molar-refractivity contribution < 1.29 is 0 Å². The Kier molecular flexibility index (Phi) is 2.03. The SMILES string of the molecule is Cc1cc2c(N3CC(N)(C4CC4)C3)ncnc2s1. The Morgan fingerprint density at radius 1 is 1.39 bits per heavy atom. The summed E-state index contributed by atoms with van der Waals surface area (Å²) in [7, 11) is 0. The summed E-state index contributed by atoms with van der Waals surface area (Å²) in [5, 5.41) is 1.18. The summed E-state index contributed by atoms with van der Waals surface area (Å²) in [4.78, 5) is 13.5. The van der Waals surface area contributed by atoms with Crippen molar-refractivity contribution in [3.8, 4) is 0 Å². The molecule has 18 heavy (non-hydrogen) atoms. The Balaban J connectivity index is 1.67. The van der Waals surface area contributed by atoms with Crippen molar-refractivity contribution in [2.45, 2.75) is 25.3 Å². The third-order valence-corrected chi connectivity index (χ3v) is 5.05. The van der Waals surface area contributed by atoms with Gasteiger partial charge in [0.15, 0.2) is 0 Å². The molecule has 0 unspecified atom stereocenters. The van der Waals surface area contributed by atoms with Crippen molar-refractivity contribution in [1.29, 1.82) is 0 Å². The summed E-state index contributed by atoms with van der Waals surface area (Å²) < 4.78 is 0. The first kappa shape index (κ1) is 10.7. The van der Waals surface area contributed by atoms with Gasteiger partial charge in [0.25, 0.3) is 0 Å². The van der Waals surface area contributed by atoms with Crippen LogP contribution in [-0.4, -0.2) is 28.6 Å². The van der Waals surface area contributed by atoms with Crippen molar-refractivity contribution in [2.75, 3.05) is 18.0 Å². The van der Waals surface area contributed by atoms with Crippen LogP contribution in [0.1, 0.15) is 17.7 Å². The summed E-state index contributed by atoms with van der Waals surface area (Å²) >= 11 is 1.73. The van der Waals surface area contributed by atoms with Gasteiger partial charge in [-0.25, -0.2) is 9.97 Å². The number of nitrogens with two attached hydrogens (primary N) is 1. The Morgan fingerprint density at radius 2 is 2.17 bits per heavy atom. The molecule has 0 bridgehead atoms. The molecule has 0 aromatic carbocycles. The molecule has 2 aromatic heterocycles. The van der Waals surface area contributed by atoms with E-state index in [9.17, 15) is 0 Å². The Labute approximate surface area is 110 Å². The second-order valence-electron chi connectivity index (χ2n) is 5.64. The third kappa shape index (κ3) is 1.47. The van der Waals surface area contributed by atoms with E-state index in [1.54, 1.807) is 17.7 Å². The highest BCUT2D eigenvalue weighted by Crippen LogP contribution is 2.45. The topological polar surface area (TPSA) is 55.0 Å². The number of hydrogen-bond donors (Lipinski definition) is 1. The second kappa shape index (κ2) is 3.42. The van der Waals surface area contributed by atoms with Gasteiger partial charge in [0.2, 0.25) is 0 Å². The van der Waals surface area contributed by atoms with Crippen LogP contribution in [0.3, 0.4) is 0 Å². The first-order valence-corrected chi connectivity index (χ1v) is 7.22. The van der Waals surface area contributed by atoms with Crippen LogP contribution >= 0.6 is 11.3 Å². The predicted octanol–water partition coefficient (Wildman–Crippen LogP) is 1.93. The minimum Gasteiger partial charge on any atom is -0.352 e. The minimum atomic E-state index is 0.0440. The fourth-order valence-corrected chi connectivity index (χ4v) is 3.79. The summed E-state index contributed by atoms with van der Waals surface area (Å²) in [6, 6.07) is 2.18. The van der Waals surface area contributed by atoms with Crippen LogP contribution in [0.2, 0.25) is 0 Å². The molecule has 94 valence electrons. The number of anilines is 1. The zero-order chi connectivity index (χ0) is 12.3. The van der Waals surface area contributed by atoms with Gasteiger partial charge in [0.1, 0.15) is 17.0 Å². The molecule has 1 aliphatic heterocycles. The second-order valence-corrected chi connectivity index (χ2v) is 6.87. The van der Waals surface area contributed by atoms with Crippen LogP contribution < -0.4 is 10.6 Å². The van der Waals surface area contributed by atoms with E-state index < -0.39 is 0 Å². The van der Waals surface area contributed by atoms with Crippen LogP contribution in [0.5, 0.6) is 0 Å². The molecule has 0 radical (unpaired) electrons. The summed E-state index contributed by atoms with van der Waals surface area (Å²) in [5.41, 5.74) is 6.45. The Morgan fingerprint density at radius 3 is 2.89 bits per heavy atom. The van der Waals surface area contributed by atoms with Crippen LogP contribution in [0.15, 0.2) is 12.4 Å². The van der Waals surface area contributed by atoms with E-state index in [1.807, 2.05) is 0 Å². The average molecular weight is 260 g/mol. The monoisotopic (exact) mass is 260 g/mol. The van der Waals surface area contributed by atoms with Gasteiger partial charge >= 0.3 is 0 Å². The van der Waals surface area contributed by atoms with E-state index in [-0.39, 0.29) is 5.54 Å².